The molecule has 0 saturated carbocycles. The van der Waals surface area contributed by atoms with Crippen LogP contribution in [0.15, 0.2) is 53.5 Å². The van der Waals surface area contributed by atoms with E-state index in [1.165, 1.54) is 33.4 Å². The molecule has 0 saturated heterocycles. The summed E-state index contributed by atoms with van der Waals surface area (Å²) >= 11 is 0. The van der Waals surface area contributed by atoms with E-state index in [0.29, 0.717) is 23.7 Å². The molecule has 0 fully saturated rings. The second-order valence-corrected chi connectivity index (χ2v) is 11.5. The van der Waals surface area contributed by atoms with Crippen LogP contribution in [0.4, 0.5) is 11.4 Å². The topological polar surface area (TPSA) is 58.6 Å². The third-order valence-corrected chi connectivity index (χ3v) is 7.23. The SMILES string of the molecule is CCC(=Nc1c(C(C)C)cc(Cc2cc(C(C)C)c(N)c(C(C)C)c2)cc1C(C)C)c1ccccc1O. The van der Waals surface area contributed by atoms with Crippen molar-refractivity contribution in [3.05, 3.63) is 87.5 Å². The number of aromatic hydroxyl groups is 1. The van der Waals surface area contributed by atoms with Crippen molar-refractivity contribution in [2.24, 2.45) is 4.99 Å². The van der Waals surface area contributed by atoms with Crippen molar-refractivity contribution in [1.82, 2.24) is 0 Å². The Morgan fingerprint density at radius 1 is 0.730 bits per heavy atom. The van der Waals surface area contributed by atoms with E-state index in [1.807, 2.05) is 18.2 Å². The number of nitrogens with two attached hydrogens (primary N) is 1. The number of aliphatic imine (C=N–C) groups is 1. The Balaban J connectivity index is 2.18. The molecule has 0 spiro atoms. The Kier molecular flexibility index (Phi) is 9.23. The number of anilines is 1. The molecule has 0 aliphatic rings. The molecule has 0 atom stereocenters. The van der Waals surface area contributed by atoms with E-state index in [-0.39, 0.29) is 5.75 Å². The molecule has 0 aromatic heterocycles. The summed E-state index contributed by atoms with van der Waals surface area (Å²) < 4.78 is 0. The van der Waals surface area contributed by atoms with Crippen LogP contribution in [0.25, 0.3) is 0 Å². The van der Waals surface area contributed by atoms with Crippen LogP contribution in [-0.4, -0.2) is 10.8 Å². The Morgan fingerprint density at radius 3 is 1.57 bits per heavy atom. The lowest BCUT2D eigenvalue weighted by molar-refractivity contribution is 0.474. The van der Waals surface area contributed by atoms with E-state index in [9.17, 15) is 5.11 Å². The highest BCUT2D eigenvalue weighted by atomic mass is 16.3. The molecule has 37 heavy (non-hydrogen) atoms. The molecule has 0 aliphatic carbocycles. The minimum absolute atomic E-state index is 0.280. The fourth-order valence-corrected chi connectivity index (χ4v) is 5.09. The number of phenols is 1. The van der Waals surface area contributed by atoms with Crippen molar-refractivity contribution in [3.63, 3.8) is 0 Å². The van der Waals surface area contributed by atoms with Gasteiger partial charge in [-0.1, -0.05) is 98.7 Å². The molecule has 3 nitrogen and oxygen atoms in total. The van der Waals surface area contributed by atoms with Crippen LogP contribution in [0, 0.1) is 0 Å². The molecule has 3 heteroatoms. The largest absolute Gasteiger partial charge is 0.507 e. The van der Waals surface area contributed by atoms with Crippen molar-refractivity contribution < 1.29 is 5.11 Å². The van der Waals surface area contributed by atoms with E-state index < -0.39 is 0 Å². The first-order valence-corrected chi connectivity index (χ1v) is 13.9. The quantitative estimate of drug-likeness (QED) is 0.228. The minimum Gasteiger partial charge on any atom is -0.507 e. The number of nitrogens with zero attached hydrogens (tertiary/aromatic N) is 1. The molecule has 0 heterocycles. The summed E-state index contributed by atoms with van der Waals surface area (Å²) in [7, 11) is 0. The van der Waals surface area contributed by atoms with Crippen LogP contribution in [0.5, 0.6) is 5.75 Å². The van der Waals surface area contributed by atoms with Gasteiger partial charge in [0.25, 0.3) is 0 Å². The lowest BCUT2D eigenvalue weighted by Crippen LogP contribution is -2.06. The zero-order valence-electron chi connectivity index (χ0n) is 24.3. The summed E-state index contributed by atoms with van der Waals surface area (Å²) in [4.78, 5) is 5.23. The lowest BCUT2D eigenvalue weighted by atomic mass is 9.86. The zero-order valence-corrected chi connectivity index (χ0v) is 24.3. The fraction of sp³-hybridized carbons (Fsp3) is 0.441. The standard InChI is InChI=1S/C34H46N2O/c1-10-31(26-13-11-12-14-32(26)37)36-34-29(22(6)7)18-25(19-30(34)23(8)9)15-24-16-27(20(2)3)33(35)28(17-24)21(4)5/h11-14,16-23,37H,10,15,35H2,1-9H3. The summed E-state index contributed by atoms with van der Waals surface area (Å²) in [5.41, 5.74) is 17.9. The molecule has 3 rings (SSSR count). The monoisotopic (exact) mass is 498 g/mol. The van der Waals surface area contributed by atoms with Gasteiger partial charge in [-0.3, -0.25) is 4.99 Å². The first-order valence-electron chi connectivity index (χ1n) is 13.9. The number of nitrogen functional groups attached to an aromatic ring is 1. The molecule has 3 aromatic rings. The van der Waals surface area contributed by atoms with E-state index in [0.717, 1.165) is 35.5 Å². The van der Waals surface area contributed by atoms with Gasteiger partial charge in [0.05, 0.1) is 11.4 Å². The van der Waals surface area contributed by atoms with Crippen molar-refractivity contribution in [2.45, 2.75) is 98.8 Å². The highest BCUT2D eigenvalue weighted by Gasteiger charge is 2.19. The number of hydrogen-bond acceptors (Lipinski definition) is 3. The van der Waals surface area contributed by atoms with Gasteiger partial charge in [-0.25, -0.2) is 0 Å². The van der Waals surface area contributed by atoms with Crippen molar-refractivity contribution in [1.29, 1.82) is 0 Å². The number of benzene rings is 3. The predicted octanol–water partition coefficient (Wildman–Crippen LogP) is 9.59. The average Bonchev–Trinajstić information content (AvgIpc) is 2.83. The Bertz CT molecular complexity index is 1210. The third-order valence-electron chi connectivity index (χ3n) is 7.23. The highest BCUT2D eigenvalue weighted by molar-refractivity contribution is 6.04. The Hall–Kier alpha value is -3.07. The van der Waals surface area contributed by atoms with Crippen LogP contribution in [0.1, 0.15) is 131 Å². The number of para-hydroxylation sites is 1. The maximum Gasteiger partial charge on any atom is 0.124 e. The van der Waals surface area contributed by atoms with Gasteiger partial charge >= 0.3 is 0 Å². The Labute approximate surface area is 224 Å². The first-order chi connectivity index (χ1) is 17.4. The molecule has 0 unspecified atom stereocenters. The molecule has 0 radical (unpaired) electrons. The van der Waals surface area contributed by atoms with Gasteiger partial charge in [-0.15, -0.1) is 0 Å². The summed E-state index contributed by atoms with van der Waals surface area (Å²) in [5, 5.41) is 10.5. The molecule has 3 aromatic carbocycles. The van der Waals surface area contributed by atoms with Crippen molar-refractivity contribution in [3.8, 4) is 5.75 Å². The normalized spacial score (nSPS) is 12.4. The van der Waals surface area contributed by atoms with E-state index in [1.54, 1.807) is 6.07 Å². The fourth-order valence-electron chi connectivity index (χ4n) is 5.09. The van der Waals surface area contributed by atoms with Crippen LogP contribution in [-0.2, 0) is 6.42 Å². The lowest BCUT2D eigenvalue weighted by Gasteiger charge is -2.22. The summed E-state index contributed by atoms with van der Waals surface area (Å²) in [6.45, 7) is 19.9. The predicted molar refractivity (Wildman–Crippen MR) is 161 cm³/mol. The smallest absolute Gasteiger partial charge is 0.124 e. The van der Waals surface area contributed by atoms with Gasteiger partial charge in [-0.05, 0) is 82.0 Å². The molecule has 0 aliphatic heterocycles. The number of rotatable bonds is 9. The van der Waals surface area contributed by atoms with Gasteiger partial charge in [0.15, 0.2) is 0 Å². The number of hydrogen-bond donors (Lipinski definition) is 2. The minimum atomic E-state index is 0.280. The third kappa shape index (κ3) is 6.44. The second-order valence-electron chi connectivity index (χ2n) is 11.5. The van der Waals surface area contributed by atoms with Crippen LogP contribution < -0.4 is 5.73 Å². The van der Waals surface area contributed by atoms with Crippen molar-refractivity contribution >= 4 is 17.1 Å². The zero-order chi connectivity index (χ0) is 27.4. The number of phenolic OH excluding ortho intramolecular Hbond substituents is 1. The van der Waals surface area contributed by atoms with E-state index >= 15 is 0 Å². The summed E-state index contributed by atoms with van der Waals surface area (Å²) in [6.07, 6.45) is 1.61. The second kappa shape index (κ2) is 12.0. The van der Waals surface area contributed by atoms with Crippen LogP contribution >= 0.6 is 0 Å². The van der Waals surface area contributed by atoms with Gasteiger partial charge in [-0.2, -0.15) is 0 Å². The molecule has 3 N–H and O–H groups in total. The van der Waals surface area contributed by atoms with Gasteiger partial charge in [0.2, 0.25) is 0 Å². The highest BCUT2D eigenvalue weighted by Crippen LogP contribution is 2.39. The maximum absolute atomic E-state index is 10.5. The maximum atomic E-state index is 10.5. The molecular weight excluding hydrogens is 452 g/mol. The Morgan fingerprint density at radius 2 is 1.16 bits per heavy atom. The van der Waals surface area contributed by atoms with Crippen LogP contribution in [0.2, 0.25) is 0 Å². The van der Waals surface area contributed by atoms with E-state index in [2.05, 4.69) is 86.6 Å². The summed E-state index contributed by atoms with van der Waals surface area (Å²) in [6, 6.07) is 16.8. The molecule has 198 valence electrons. The molecule has 0 amide bonds. The molecular formula is C34H46N2O. The molecule has 0 bridgehead atoms. The first kappa shape index (κ1) is 28.5. The van der Waals surface area contributed by atoms with Gasteiger partial charge in [0, 0.05) is 11.3 Å². The van der Waals surface area contributed by atoms with Crippen LogP contribution in [0.3, 0.4) is 0 Å². The van der Waals surface area contributed by atoms with Crippen molar-refractivity contribution in [2.75, 3.05) is 5.73 Å². The van der Waals surface area contributed by atoms with Gasteiger partial charge in [0.1, 0.15) is 5.75 Å². The van der Waals surface area contributed by atoms with E-state index in [4.69, 9.17) is 10.7 Å². The summed E-state index contributed by atoms with van der Waals surface area (Å²) in [5.74, 6) is 1.69. The average molecular weight is 499 g/mol. The van der Waals surface area contributed by atoms with Gasteiger partial charge < -0.3 is 10.8 Å².